The van der Waals surface area contributed by atoms with E-state index in [4.69, 9.17) is 5.26 Å². The summed E-state index contributed by atoms with van der Waals surface area (Å²) in [5.74, 6) is -0.693. The summed E-state index contributed by atoms with van der Waals surface area (Å²) in [7, 11) is 0. The average molecular weight is 201 g/mol. The summed E-state index contributed by atoms with van der Waals surface area (Å²) < 4.78 is 0. The van der Waals surface area contributed by atoms with Gasteiger partial charge in [0.15, 0.2) is 0 Å². The Kier molecular flexibility index (Phi) is 6.72. The van der Waals surface area contributed by atoms with Crippen LogP contribution in [0.1, 0.15) is 33.6 Å². The van der Waals surface area contributed by atoms with E-state index in [1.807, 2.05) is 6.07 Å². The maximum Gasteiger partial charge on any atom is 0.345 e. The van der Waals surface area contributed by atoms with E-state index in [0.29, 0.717) is 6.42 Å². The molecule has 0 radical (unpaired) electrons. The standard InChI is InChI=1S/C9H15NO4/c1-7(2)12-14-13-9(11)5-4-8(3)6-10/h7-8H,4-5H2,1-3H3. The Morgan fingerprint density at radius 1 is 1.43 bits per heavy atom. The minimum Gasteiger partial charge on any atom is -0.269 e. The molecule has 0 aliphatic carbocycles. The van der Waals surface area contributed by atoms with Gasteiger partial charge in [0.05, 0.1) is 18.6 Å². The van der Waals surface area contributed by atoms with Crippen LogP contribution in [0.4, 0.5) is 0 Å². The molecule has 0 saturated heterocycles. The summed E-state index contributed by atoms with van der Waals surface area (Å²) >= 11 is 0. The quantitative estimate of drug-likeness (QED) is 0.483. The molecule has 0 saturated carbocycles. The molecular weight excluding hydrogens is 186 g/mol. The highest BCUT2D eigenvalue weighted by atomic mass is 17.5. The number of carbonyl (C=O) groups is 1. The van der Waals surface area contributed by atoms with Crippen LogP contribution in [0, 0.1) is 17.2 Å². The third kappa shape index (κ3) is 7.53. The van der Waals surface area contributed by atoms with Crippen molar-refractivity contribution in [2.75, 3.05) is 0 Å². The lowest BCUT2D eigenvalue weighted by Crippen LogP contribution is -2.10. The van der Waals surface area contributed by atoms with E-state index in [9.17, 15) is 4.79 Å². The summed E-state index contributed by atoms with van der Waals surface area (Å²) in [6.07, 6.45) is 0.442. The van der Waals surface area contributed by atoms with Gasteiger partial charge >= 0.3 is 5.97 Å². The van der Waals surface area contributed by atoms with Crippen LogP contribution in [0.2, 0.25) is 0 Å². The Bertz CT molecular complexity index is 209. The predicted molar refractivity (Wildman–Crippen MR) is 47.4 cm³/mol. The highest BCUT2D eigenvalue weighted by molar-refractivity contribution is 5.68. The molecule has 5 heteroatoms. The van der Waals surface area contributed by atoms with E-state index in [2.05, 4.69) is 14.8 Å². The molecule has 0 aromatic heterocycles. The Hall–Kier alpha value is -1.12. The molecule has 0 aromatic rings. The molecule has 0 heterocycles. The van der Waals surface area contributed by atoms with E-state index in [1.165, 1.54) is 0 Å². The maximum absolute atomic E-state index is 10.9. The summed E-state index contributed by atoms with van der Waals surface area (Å²) in [5.41, 5.74) is 0. The molecule has 1 atom stereocenters. The second-order valence-electron chi connectivity index (χ2n) is 3.24. The van der Waals surface area contributed by atoms with Crippen molar-refractivity contribution in [1.29, 1.82) is 5.26 Å². The third-order valence-electron chi connectivity index (χ3n) is 1.36. The van der Waals surface area contributed by atoms with Crippen molar-refractivity contribution in [2.45, 2.75) is 39.7 Å². The van der Waals surface area contributed by atoms with Gasteiger partial charge in [0.25, 0.3) is 0 Å². The zero-order valence-corrected chi connectivity index (χ0v) is 8.65. The molecule has 0 N–H and O–H groups in total. The Balaban J connectivity index is 3.43. The van der Waals surface area contributed by atoms with Crippen molar-refractivity contribution < 1.29 is 19.6 Å². The number of nitriles is 1. The smallest absolute Gasteiger partial charge is 0.269 e. The lowest BCUT2D eigenvalue weighted by molar-refractivity contribution is -0.498. The number of carbonyl (C=O) groups excluding carboxylic acids is 1. The van der Waals surface area contributed by atoms with Crippen molar-refractivity contribution in [3.05, 3.63) is 0 Å². The van der Waals surface area contributed by atoms with Gasteiger partial charge in [-0.2, -0.15) is 10.1 Å². The van der Waals surface area contributed by atoms with Crippen LogP contribution in [-0.4, -0.2) is 12.1 Å². The second kappa shape index (κ2) is 7.30. The highest BCUT2D eigenvalue weighted by Crippen LogP contribution is 2.05. The van der Waals surface area contributed by atoms with Crippen molar-refractivity contribution in [2.24, 2.45) is 5.92 Å². The molecule has 1 unspecified atom stereocenters. The van der Waals surface area contributed by atoms with E-state index < -0.39 is 5.97 Å². The summed E-state index contributed by atoms with van der Waals surface area (Å²) in [6, 6.07) is 2.01. The zero-order valence-electron chi connectivity index (χ0n) is 8.65. The molecule has 0 aliphatic heterocycles. The molecule has 14 heavy (non-hydrogen) atoms. The third-order valence-corrected chi connectivity index (χ3v) is 1.36. The van der Waals surface area contributed by atoms with Gasteiger partial charge in [-0.05, 0) is 32.2 Å². The topological polar surface area (TPSA) is 68.6 Å². The molecule has 0 amide bonds. The molecule has 80 valence electrons. The van der Waals surface area contributed by atoms with Gasteiger partial charge in [-0.15, -0.1) is 0 Å². The predicted octanol–water partition coefficient (Wildman–Crippen LogP) is 1.74. The van der Waals surface area contributed by atoms with Gasteiger partial charge in [-0.3, -0.25) is 4.89 Å². The average Bonchev–Trinajstić information content (AvgIpc) is 2.13. The van der Waals surface area contributed by atoms with Crippen LogP contribution >= 0.6 is 0 Å². The molecular formula is C9H15NO4. The number of hydrogen-bond donors (Lipinski definition) is 0. The van der Waals surface area contributed by atoms with Crippen molar-refractivity contribution in [1.82, 2.24) is 0 Å². The normalized spacial score (nSPS) is 12.2. The van der Waals surface area contributed by atoms with Crippen LogP contribution < -0.4 is 0 Å². The fourth-order valence-corrected chi connectivity index (χ4v) is 0.577. The SMILES string of the molecule is CC(C#N)CCC(=O)OOOC(C)C. The Morgan fingerprint density at radius 2 is 2.07 bits per heavy atom. The van der Waals surface area contributed by atoms with Crippen molar-refractivity contribution in [3.63, 3.8) is 0 Å². The monoisotopic (exact) mass is 201 g/mol. The van der Waals surface area contributed by atoms with E-state index in [-0.39, 0.29) is 18.4 Å². The molecule has 0 bridgehead atoms. The maximum atomic E-state index is 10.9. The first-order chi connectivity index (χ1) is 6.56. The van der Waals surface area contributed by atoms with E-state index in [0.717, 1.165) is 0 Å². The first-order valence-electron chi connectivity index (χ1n) is 4.48. The van der Waals surface area contributed by atoms with Gasteiger partial charge in [0.2, 0.25) is 0 Å². The summed E-state index contributed by atoms with van der Waals surface area (Å²) in [4.78, 5) is 19.7. The molecule has 0 aliphatic rings. The van der Waals surface area contributed by atoms with Crippen LogP contribution in [0.25, 0.3) is 0 Å². The molecule has 5 nitrogen and oxygen atoms in total. The first kappa shape index (κ1) is 12.9. The lowest BCUT2D eigenvalue weighted by atomic mass is 10.1. The first-order valence-corrected chi connectivity index (χ1v) is 4.48. The van der Waals surface area contributed by atoms with Gasteiger partial charge < -0.3 is 0 Å². The summed E-state index contributed by atoms with van der Waals surface area (Å²) in [6.45, 7) is 5.22. The highest BCUT2D eigenvalue weighted by Gasteiger charge is 2.08. The molecule has 0 spiro atoms. The van der Waals surface area contributed by atoms with Crippen LogP contribution in [0.3, 0.4) is 0 Å². The van der Waals surface area contributed by atoms with E-state index in [1.54, 1.807) is 20.8 Å². The fraction of sp³-hybridized carbons (Fsp3) is 0.778. The molecule has 0 aromatic carbocycles. The number of nitrogens with zero attached hydrogens (tertiary/aromatic N) is 1. The van der Waals surface area contributed by atoms with Gasteiger partial charge in [0, 0.05) is 5.92 Å². The number of rotatable bonds is 6. The lowest BCUT2D eigenvalue weighted by Gasteiger charge is -2.05. The molecule has 0 rings (SSSR count). The van der Waals surface area contributed by atoms with Crippen molar-refractivity contribution >= 4 is 5.97 Å². The molecule has 0 fully saturated rings. The van der Waals surface area contributed by atoms with Crippen molar-refractivity contribution in [3.8, 4) is 6.07 Å². The minimum absolute atomic E-state index is 0.149. The van der Waals surface area contributed by atoms with E-state index >= 15 is 0 Å². The fourth-order valence-electron chi connectivity index (χ4n) is 0.577. The largest absolute Gasteiger partial charge is 0.345 e. The summed E-state index contributed by atoms with van der Waals surface area (Å²) in [5, 5.41) is 12.6. The Labute approximate surface area is 83.4 Å². The number of hydrogen-bond acceptors (Lipinski definition) is 5. The van der Waals surface area contributed by atoms with Crippen LogP contribution in [0.5, 0.6) is 0 Å². The Morgan fingerprint density at radius 3 is 2.57 bits per heavy atom. The second-order valence-corrected chi connectivity index (χ2v) is 3.24. The van der Waals surface area contributed by atoms with Gasteiger partial charge in [-0.1, -0.05) is 0 Å². The van der Waals surface area contributed by atoms with Crippen LogP contribution in [-0.2, 0) is 19.6 Å². The van der Waals surface area contributed by atoms with Gasteiger partial charge in [-0.25, -0.2) is 4.79 Å². The van der Waals surface area contributed by atoms with Gasteiger partial charge in [0.1, 0.15) is 0 Å². The zero-order chi connectivity index (χ0) is 11.0. The minimum atomic E-state index is -0.534. The van der Waals surface area contributed by atoms with Crippen LogP contribution in [0.15, 0.2) is 0 Å².